The fourth-order valence-electron chi connectivity index (χ4n) is 4.43. The minimum absolute atomic E-state index is 0.0410. The molecule has 13 heteroatoms. The van der Waals surface area contributed by atoms with Crippen LogP contribution >= 0.6 is 0 Å². The first-order chi connectivity index (χ1) is 18.6. The molecule has 0 aliphatic carbocycles. The van der Waals surface area contributed by atoms with E-state index in [0.29, 0.717) is 18.1 Å². The number of hydrogen-bond acceptors (Lipinski definition) is 8. The van der Waals surface area contributed by atoms with Crippen molar-refractivity contribution in [2.24, 2.45) is 0 Å². The molecular weight excluding hydrogens is 546 g/mol. The summed E-state index contributed by atoms with van der Waals surface area (Å²) in [5, 5.41) is 9.39. The number of benzene rings is 3. The average molecular weight is 576 g/mol. The summed E-state index contributed by atoms with van der Waals surface area (Å²) in [5.74, 6) is -0.137. The lowest BCUT2D eigenvalue weighted by atomic mass is 10.1. The number of nitrogens with zero attached hydrogens (tertiary/aromatic N) is 2. The maximum Gasteiger partial charge on any atom is 0.263 e. The zero-order chi connectivity index (χ0) is 28.2. The van der Waals surface area contributed by atoms with Gasteiger partial charge in [0.25, 0.3) is 5.91 Å². The number of amides is 1. The van der Waals surface area contributed by atoms with E-state index in [1.807, 2.05) is 30.3 Å². The largest absolute Gasteiger partial charge is 0.497 e. The third-order valence-corrected chi connectivity index (χ3v) is 10.4. The standard InChI is InChI=1S/C26H29N3O8S2/c1-19-25(26(30)27-31)29(17-16-28(19)38(32,33)23-12-8-21(36-2)9-13-23)39(34,35)24-14-10-22(11-15-24)37-18-20-6-4-3-5-7-20/h3-15,19,25,31H,16-18H2,1-2H3,(H,27,30). The third-order valence-electron chi connectivity index (χ3n) is 6.49. The zero-order valence-electron chi connectivity index (χ0n) is 21.3. The molecule has 3 aromatic carbocycles. The van der Waals surface area contributed by atoms with Crippen LogP contribution in [0, 0.1) is 0 Å². The molecule has 1 aliphatic heterocycles. The molecule has 1 fully saturated rings. The molecule has 0 radical (unpaired) electrons. The molecule has 208 valence electrons. The second kappa shape index (κ2) is 11.7. The maximum atomic E-state index is 13.6. The number of nitrogens with one attached hydrogen (secondary N) is 1. The van der Waals surface area contributed by atoms with Crippen LogP contribution in [0.1, 0.15) is 12.5 Å². The lowest BCUT2D eigenvalue weighted by Gasteiger charge is -2.43. The van der Waals surface area contributed by atoms with Gasteiger partial charge in [-0.15, -0.1) is 0 Å². The zero-order valence-corrected chi connectivity index (χ0v) is 22.9. The summed E-state index contributed by atoms with van der Waals surface area (Å²) >= 11 is 0. The van der Waals surface area contributed by atoms with Gasteiger partial charge in [-0.2, -0.15) is 8.61 Å². The fraction of sp³-hybridized carbons (Fsp3) is 0.269. The number of sulfonamides is 2. The van der Waals surface area contributed by atoms with Crippen molar-refractivity contribution in [2.45, 2.75) is 35.4 Å². The summed E-state index contributed by atoms with van der Waals surface area (Å²) in [6, 6.07) is 18.2. The molecule has 0 bridgehead atoms. The number of carbonyl (C=O) groups is 1. The van der Waals surface area contributed by atoms with E-state index in [4.69, 9.17) is 9.47 Å². The van der Waals surface area contributed by atoms with Gasteiger partial charge in [-0.05, 0) is 61.0 Å². The van der Waals surface area contributed by atoms with Crippen molar-refractivity contribution in [1.29, 1.82) is 0 Å². The van der Waals surface area contributed by atoms with E-state index in [1.54, 1.807) is 0 Å². The molecule has 2 unspecified atom stereocenters. The van der Waals surface area contributed by atoms with Crippen molar-refractivity contribution in [1.82, 2.24) is 14.1 Å². The van der Waals surface area contributed by atoms with Crippen molar-refractivity contribution >= 4 is 26.0 Å². The Hall–Kier alpha value is -3.49. The monoisotopic (exact) mass is 575 g/mol. The number of rotatable bonds is 9. The van der Waals surface area contributed by atoms with E-state index in [2.05, 4.69) is 0 Å². The molecule has 2 N–H and O–H groups in total. The first-order valence-electron chi connectivity index (χ1n) is 12.0. The Balaban J connectivity index is 1.57. The van der Waals surface area contributed by atoms with Crippen LogP contribution in [-0.2, 0) is 31.4 Å². The summed E-state index contributed by atoms with van der Waals surface area (Å²) in [6.07, 6.45) is 0. The predicted octanol–water partition coefficient (Wildman–Crippen LogP) is 2.23. The smallest absolute Gasteiger partial charge is 0.263 e. The van der Waals surface area contributed by atoms with Gasteiger partial charge in [0.2, 0.25) is 20.0 Å². The van der Waals surface area contributed by atoms with Crippen LogP contribution in [0.5, 0.6) is 11.5 Å². The number of methoxy groups -OCH3 is 1. The Morgan fingerprint density at radius 1 is 0.846 bits per heavy atom. The number of piperazine rings is 1. The van der Waals surface area contributed by atoms with Crippen LogP contribution in [0.4, 0.5) is 0 Å². The minimum atomic E-state index is -4.26. The van der Waals surface area contributed by atoms with Crippen molar-refractivity contribution in [3.8, 4) is 11.5 Å². The Labute approximate surface area is 227 Å². The van der Waals surface area contributed by atoms with Crippen LogP contribution in [-0.4, -0.2) is 68.8 Å². The molecule has 2 atom stereocenters. The van der Waals surface area contributed by atoms with Gasteiger partial charge < -0.3 is 9.47 Å². The number of hydroxylamine groups is 1. The van der Waals surface area contributed by atoms with Crippen molar-refractivity contribution in [3.63, 3.8) is 0 Å². The highest BCUT2D eigenvalue weighted by atomic mass is 32.2. The molecule has 1 amide bonds. The van der Waals surface area contributed by atoms with Gasteiger partial charge in [0.05, 0.1) is 16.9 Å². The normalized spacial score (nSPS) is 18.8. The Morgan fingerprint density at radius 2 is 1.36 bits per heavy atom. The maximum absolute atomic E-state index is 13.6. The first-order valence-corrected chi connectivity index (χ1v) is 14.9. The van der Waals surface area contributed by atoms with Crippen LogP contribution in [0.25, 0.3) is 0 Å². The predicted molar refractivity (Wildman–Crippen MR) is 141 cm³/mol. The number of ether oxygens (including phenoxy) is 2. The van der Waals surface area contributed by atoms with E-state index in [9.17, 15) is 26.8 Å². The fourth-order valence-corrected chi connectivity index (χ4v) is 7.70. The summed E-state index contributed by atoms with van der Waals surface area (Å²) < 4.78 is 66.7. The Bertz CT molecular complexity index is 1500. The van der Waals surface area contributed by atoms with Gasteiger partial charge in [0.1, 0.15) is 24.1 Å². The minimum Gasteiger partial charge on any atom is -0.497 e. The summed E-state index contributed by atoms with van der Waals surface area (Å²) in [5.41, 5.74) is 2.43. The lowest BCUT2D eigenvalue weighted by Crippen LogP contribution is -2.65. The van der Waals surface area contributed by atoms with E-state index >= 15 is 0 Å². The van der Waals surface area contributed by atoms with E-state index in [-0.39, 0.29) is 22.9 Å². The molecule has 4 rings (SSSR count). The molecular formula is C26H29N3O8S2. The van der Waals surface area contributed by atoms with Gasteiger partial charge >= 0.3 is 0 Å². The van der Waals surface area contributed by atoms with Crippen molar-refractivity contribution in [3.05, 3.63) is 84.4 Å². The van der Waals surface area contributed by atoms with Crippen molar-refractivity contribution < 1.29 is 36.3 Å². The quantitative estimate of drug-likeness (QED) is 0.292. The highest BCUT2D eigenvalue weighted by molar-refractivity contribution is 7.89. The van der Waals surface area contributed by atoms with E-state index < -0.39 is 38.0 Å². The SMILES string of the molecule is COc1ccc(S(=O)(=O)N2CCN(S(=O)(=O)c3ccc(OCc4ccccc4)cc3)C(C(=O)NO)C2C)cc1. The highest BCUT2D eigenvalue weighted by Crippen LogP contribution is 2.30. The Kier molecular flexibility index (Phi) is 8.57. The second-order valence-electron chi connectivity index (χ2n) is 8.81. The molecule has 1 saturated heterocycles. The third kappa shape index (κ3) is 5.92. The first kappa shape index (κ1) is 28.5. The van der Waals surface area contributed by atoms with Crippen LogP contribution < -0.4 is 15.0 Å². The number of hydrogen-bond donors (Lipinski definition) is 2. The number of carbonyl (C=O) groups excluding carboxylic acids is 1. The summed E-state index contributed by atoms with van der Waals surface area (Å²) in [4.78, 5) is 12.6. The molecule has 0 spiro atoms. The van der Waals surface area contributed by atoms with Gasteiger partial charge in [0.15, 0.2) is 0 Å². The molecule has 1 heterocycles. The average Bonchev–Trinajstić information content (AvgIpc) is 2.96. The van der Waals surface area contributed by atoms with E-state index in [1.165, 1.54) is 68.0 Å². The summed E-state index contributed by atoms with van der Waals surface area (Å²) in [6.45, 7) is 1.20. The van der Waals surface area contributed by atoms with Gasteiger partial charge in [0, 0.05) is 19.1 Å². The molecule has 3 aromatic rings. The van der Waals surface area contributed by atoms with Crippen LogP contribution in [0.15, 0.2) is 88.7 Å². The van der Waals surface area contributed by atoms with Gasteiger partial charge in [-0.25, -0.2) is 22.3 Å². The van der Waals surface area contributed by atoms with Gasteiger partial charge in [-0.3, -0.25) is 10.0 Å². The molecule has 0 aromatic heterocycles. The Morgan fingerprint density at radius 3 is 1.90 bits per heavy atom. The summed E-state index contributed by atoms with van der Waals surface area (Å²) in [7, 11) is -6.91. The highest BCUT2D eigenvalue weighted by Gasteiger charge is 2.48. The molecule has 0 saturated carbocycles. The van der Waals surface area contributed by atoms with Gasteiger partial charge in [-0.1, -0.05) is 30.3 Å². The lowest BCUT2D eigenvalue weighted by molar-refractivity contribution is -0.135. The van der Waals surface area contributed by atoms with Crippen LogP contribution in [0.3, 0.4) is 0 Å². The van der Waals surface area contributed by atoms with E-state index in [0.717, 1.165) is 14.2 Å². The topological polar surface area (TPSA) is 143 Å². The van der Waals surface area contributed by atoms with Crippen LogP contribution in [0.2, 0.25) is 0 Å². The van der Waals surface area contributed by atoms with Crippen molar-refractivity contribution in [2.75, 3.05) is 20.2 Å². The molecule has 39 heavy (non-hydrogen) atoms. The molecule has 11 nitrogen and oxygen atoms in total. The molecule has 1 aliphatic rings. The second-order valence-corrected chi connectivity index (χ2v) is 12.6.